The zero-order valence-electron chi connectivity index (χ0n) is 7.29. The molecule has 0 heterocycles. The topological polar surface area (TPSA) is 35.5 Å². The molecule has 0 fully saturated rings. The van der Waals surface area contributed by atoms with E-state index in [1.165, 1.54) is 0 Å². The minimum atomic E-state index is -2.92. The summed E-state index contributed by atoms with van der Waals surface area (Å²) in [7, 11) is 0. The SMILES string of the molecule is CCOCCSP(=O)(Cl)OCC. The van der Waals surface area contributed by atoms with Crippen LogP contribution in [0.15, 0.2) is 0 Å². The normalized spacial score (nSPS) is 15.9. The highest BCUT2D eigenvalue weighted by molar-refractivity contribution is 8.63. The summed E-state index contributed by atoms with van der Waals surface area (Å²) in [5, 5.41) is 0. The Morgan fingerprint density at radius 2 is 2.08 bits per heavy atom. The highest BCUT2D eigenvalue weighted by Gasteiger charge is 2.18. The van der Waals surface area contributed by atoms with E-state index in [9.17, 15) is 4.57 Å². The second kappa shape index (κ2) is 7.22. The predicted molar refractivity (Wildman–Crippen MR) is 54.0 cm³/mol. The molecule has 0 aliphatic carbocycles. The Morgan fingerprint density at radius 3 is 2.58 bits per heavy atom. The van der Waals surface area contributed by atoms with Crippen LogP contribution in [-0.2, 0) is 13.8 Å². The van der Waals surface area contributed by atoms with Gasteiger partial charge in [0.1, 0.15) is 0 Å². The first-order chi connectivity index (χ1) is 5.62. The molecule has 0 spiro atoms. The van der Waals surface area contributed by atoms with Crippen LogP contribution in [-0.4, -0.2) is 25.6 Å². The Morgan fingerprint density at radius 1 is 1.42 bits per heavy atom. The first-order valence-corrected chi connectivity index (χ1v) is 7.91. The number of halogens is 1. The van der Waals surface area contributed by atoms with E-state index in [-0.39, 0.29) is 0 Å². The molecule has 6 heteroatoms. The van der Waals surface area contributed by atoms with Crippen LogP contribution in [0, 0.1) is 0 Å². The van der Waals surface area contributed by atoms with Crippen molar-refractivity contribution in [3.63, 3.8) is 0 Å². The lowest BCUT2D eigenvalue weighted by atomic mass is 10.8. The van der Waals surface area contributed by atoms with E-state index < -0.39 is 5.92 Å². The molecule has 74 valence electrons. The molecular formula is C6H14ClO3PS. The van der Waals surface area contributed by atoms with Crippen molar-refractivity contribution in [3.8, 4) is 0 Å². The van der Waals surface area contributed by atoms with Crippen molar-refractivity contribution >= 4 is 28.5 Å². The second-order valence-corrected chi connectivity index (χ2v) is 7.82. The summed E-state index contributed by atoms with van der Waals surface area (Å²) in [6.07, 6.45) is 0. The van der Waals surface area contributed by atoms with Crippen LogP contribution in [0.1, 0.15) is 13.8 Å². The van der Waals surface area contributed by atoms with E-state index in [0.717, 1.165) is 11.4 Å². The van der Waals surface area contributed by atoms with Crippen molar-refractivity contribution in [2.24, 2.45) is 0 Å². The van der Waals surface area contributed by atoms with Crippen molar-refractivity contribution in [2.45, 2.75) is 13.8 Å². The van der Waals surface area contributed by atoms with Gasteiger partial charge in [-0.05, 0) is 25.1 Å². The van der Waals surface area contributed by atoms with Crippen LogP contribution in [0.4, 0.5) is 0 Å². The van der Waals surface area contributed by atoms with Gasteiger partial charge in [-0.15, -0.1) is 0 Å². The van der Waals surface area contributed by atoms with Crippen molar-refractivity contribution in [1.29, 1.82) is 0 Å². The van der Waals surface area contributed by atoms with Gasteiger partial charge in [0.05, 0.1) is 13.2 Å². The van der Waals surface area contributed by atoms with Crippen LogP contribution in [0.3, 0.4) is 0 Å². The second-order valence-electron chi connectivity index (χ2n) is 1.88. The standard InChI is InChI=1S/C6H14ClO3PS/c1-3-9-5-6-12-11(7,8)10-4-2/h3-6H2,1-2H3. The Hall–Kier alpha value is 0.790. The van der Waals surface area contributed by atoms with Gasteiger partial charge in [-0.3, -0.25) is 4.57 Å². The van der Waals surface area contributed by atoms with Crippen LogP contribution in [0.5, 0.6) is 0 Å². The predicted octanol–water partition coefficient (Wildman–Crippen LogP) is 3.14. The molecule has 0 radical (unpaired) electrons. The monoisotopic (exact) mass is 232 g/mol. The zero-order chi connectivity index (χ0) is 9.45. The van der Waals surface area contributed by atoms with Gasteiger partial charge in [0.2, 0.25) is 0 Å². The summed E-state index contributed by atoms with van der Waals surface area (Å²) in [6, 6.07) is 0. The molecule has 1 atom stereocenters. The molecule has 0 aliphatic rings. The lowest BCUT2D eigenvalue weighted by Crippen LogP contribution is -1.95. The lowest BCUT2D eigenvalue weighted by Gasteiger charge is -2.08. The third kappa shape index (κ3) is 7.44. The number of rotatable bonds is 7. The molecule has 0 amide bonds. The average Bonchev–Trinajstić information content (AvgIpc) is 1.98. The Bertz CT molecular complexity index is 156. The molecular weight excluding hydrogens is 219 g/mol. The highest BCUT2D eigenvalue weighted by Crippen LogP contribution is 2.63. The van der Waals surface area contributed by atoms with E-state index in [0.29, 0.717) is 25.6 Å². The molecule has 12 heavy (non-hydrogen) atoms. The van der Waals surface area contributed by atoms with E-state index >= 15 is 0 Å². The number of ether oxygens (including phenoxy) is 1. The largest absolute Gasteiger partial charge is 0.381 e. The van der Waals surface area contributed by atoms with E-state index in [1.807, 2.05) is 6.92 Å². The smallest absolute Gasteiger partial charge is 0.346 e. The summed E-state index contributed by atoms with van der Waals surface area (Å²) in [6.45, 7) is 5.28. The molecule has 0 aromatic rings. The minimum Gasteiger partial charge on any atom is -0.381 e. The van der Waals surface area contributed by atoms with Crippen LogP contribution in [0.25, 0.3) is 0 Å². The summed E-state index contributed by atoms with van der Waals surface area (Å²) < 4.78 is 21.1. The molecule has 0 aromatic heterocycles. The first-order valence-electron chi connectivity index (χ1n) is 3.79. The fourth-order valence-corrected chi connectivity index (χ4v) is 3.67. The maximum Gasteiger partial charge on any atom is 0.346 e. The van der Waals surface area contributed by atoms with E-state index in [4.69, 9.17) is 20.5 Å². The van der Waals surface area contributed by atoms with Crippen molar-refractivity contribution in [1.82, 2.24) is 0 Å². The summed E-state index contributed by atoms with van der Waals surface area (Å²) >= 11 is 6.67. The third-order valence-electron chi connectivity index (χ3n) is 0.961. The molecule has 0 rings (SSSR count). The average molecular weight is 233 g/mol. The highest BCUT2D eigenvalue weighted by atomic mass is 35.7. The summed E-state index contributed by atoms with van der Waals surface area (Å²) in [4.78, 5) is 0. The van der Waals surface area contributed by atoms with Gasteiger partial charge in [-0.25, -0.2) is 0 Å². The molecule has 0 bridgehead atoms. The maximum atomic E-state index is 11.2. The molecule has 1 unspecified atom stereocenters. The molecule has 3 nitrogen and oxygen atoms in total. The van der Waals surface area contributed by atoms with Crippen molar-refractivity contribution in [2.75, 3.05) is 25.6 Å². The maximum absolute atomic E-state index is 11.2. The zero-order valence-corrected chi connectivity index (χ0v) is 9.75. The molecule has 0 aromatic carbocycles. The molecule has 0 N–H and O–H groups in total. The number of hydrogen-bond acceptors (Lipinski definition) is 4. The van der Waals surface area contributed by atoms with Crippen molar-refractivity contribution in [3.05, 3.63) is 0 Å². The Labute approximate surface area is 82.1 Å². The van der Waals surface area contributed by atoms with E-state index in [1.54, 1.807) is 6.92 Å². The third-order valence-corrected chi connectivity index (χ3v) is 5.15. The molecule has 0 saturated heterocycles. The van der Waals surface area contributed by atoms with Crippen LogP contribution < -0.4 is 0 Å². The van der Waals surface area contributed by atoms with Gasteiger partial charge in [0.15, 0.2) is 0 Å². The van der Waals surface area contributed by atoms with Crippen LogP contribution in [0.2, 0.25) is 0 Å². The molecule has 0 aliphatic heterocycles. The van der Waals surface area contributed by atoms with Crippen molar-refractivity contribution < 1.29 is 13.8 Å². The van der Waals surface area contributed by atoms with Gasteiger partial charge >= 0.3 is 5.92 Å². The summed E-state index contributed by atoms with van der Waals surface area (Å²) in [5.41, 5.74) is 0. The minimum absolute atomic E-state index is 0.377. The van der Waals surface area contributed by atoms with Gasteiger partial charge in [0.25, 0.3) is 0 Å². The van der Waals surface area contributed by atoms with E-state index in [2.05, 4.69) is 0 Å². The quantitative estimate of drug-likeness (QED) is 0.499. The van der Waals surface area contributed by atoms with Gasteiger partial charge in [0, 0.05) is 12.4 Å². The number of hydrogen-bond donors (Lipinski definition) is 0. The Kier molecular flexibility index (Phi) is 7.69. The Balaban J connectivity index is 3.41. The summed E-state index contributed by atoms with van der Waals surface area (Å²) in [5.74, 6) is -2.32. The first kappa shape index (κ1) is 12.8. The van der Waals surface area contributed by atoms with Crippen LogP contribution >= 0.6 is 28.5 Å². The fourth-order valence-electron chi connectivity index (χ4n) is 0.541. The molecule has 0 saturated carbocycles. The fraction of sp³-hybridized carbons (Fsp3) is 1.00. The lowest BCUT2D eigenvalue weighted by molar-refractivity contribution is 0.164. The van der Waals surface area contributed by atoms with Gasteiger partial charge in [-0.2, -0.15) is 0 Å². The van der Waals surface area contributed by atoms with Gasteiger partial charge < -0.3 is 9.26 Å². The van der Waals surface area contributed by atoms with Gasteiger partial charge in [-0.1, -0.05) is 11.4 Å².